The van der Waals surface area contributed by atoms with Crippen molar-refractivity contribution < 1.29 is 4.74 Å². The fraction of sp³-hybridized carbons (Fsp3) is 0.571. The van der Waals surface area contributed by atoms with Crippen LogP contribution in [-0.4, -0.2) is 19.7 Å². The van der Waals surface area contributed by atoms with Gasteiger partial charge in [-0.15, -0.1) is 0 Å². The molecule has 0 heterocycles. The fourth-order valence-corrected chi connectivity index (χ4v) is 2.60. The summed E-state index contributed by atoms with van der Waals surface area (Å²) >= 11 is 12.3. The third kappa shape index (κ3) is 4.25. The lowest BCUT2D eigenvalue weighted by molar-refractivity contribution is 0.309. The Morgan fingerprint density at radius 3 is 2.37 bits per heavy atom. The molecular weight excluding hydrogens is 283 g/mol. The van der Waals surface area contributed by atoms with Gasteiger partial charge in [-0.1, -0.05) is 37.0 Å². The topological polar surface area (TPSA) is 61.3 Å². The number of benzene rings is 1. The maximum atomic E-state index is 6.23. The van der Waals surface area contributed by atoms with Crippen LogP contribution in [0.15, 0.2) is 12.1 Å². The zero-order chi connectivity index (χ0) is 14.4. The van der Waals surface area contributed by atoms with Crippen molar-refractivity contribution in [1.29, 1.82) is 0 Å². The molecule has 0 aliphatic carbocycles. The molecule has 5 heteroatoms. The highest BCUT2D eigenvalue weighted by Gasteiger charge is 2.22. The summed E-state index contributed by atoms with van der Waals surface area (Å²) in [4.78, 5) is 0. The summed E-state index contributed by atoms with van der Waals surface area (Å²) in [6.07, 6.45) is 0.921. The van der Waals surface area contributed by atoms with Crippen molar-refractivity contribution >= 4 is 23.2 Å². The third-order valence-electron chi connectivity index (χ3n) is 3.29. The van der Waals surface area contributed by atoms with Crippen molar-refractivity contribution in [2.75, 3.05) is 19.7 Å². The predicted molar refractivity (Wildman–Crippen MR) is 82.3 cm³/mol. The van der Waals surface area contributed by atoms with E-state index in [0.717, 1.165) is 12.0 Å². The van der Waals surface area contributed by atoms with Gasteiger partial charge in [-0.05, 0) is 43.5 Å². The first-order valence-corrected chi connectivity index (χ1v) is 7.32. The summed E-state index contributed by atoms with van der Waals surface area (Å²) in [6.45, 7) is 5.79. The summed E-state index contributed by atoms with van der Waals surface area (Å²) in [7, 11) is 0. The van der Waals surface area contributed by atoms with Crippen LogP contribution in [0.4, 0.5) is 0 Å². The average molecular weight is 305 g/mol. The van der Waals surface area contributed by atoms with E-state index in [4.69, 9.17) is 39.4 Å². The Labute approximate surface area is 125 Å². The zero-order valence-corrected chi connectivity index (χ0v) is 13.0. The van der Waals surface area contributed by atoms with Crippen LogP contribution in [0.5, 0.6) is 5.75 Å². The highest BCUT2D eigenvalue weighted by atomic mass is 35.5. The van der Waals surface area contributed by atoms with E-state index in [1.165, 1.54) is 0 Å². The van der Waals surface area contributed by atoms with E-state index in [9.17, 15) is 0 Å². The summed E-state index contributed by atoms with van der Waals surface area (Å²) in [5.41, 5.74) is 12.5. The van der Waals surface area contributed by atoms with E-state index in [1.54, 1.807) is 6.07 Å². The largest absolute Gasteiger partial charge is 0.492 e. The second-order valence-electron chi connectivity index (χ2n) is 4.67. The molecule has 0 aliphatic rings. The first-order chi connectivity index (χ1) is 9.04. The Hall–Kier alpha value is -0.480. The van der Waals surface area contributed by atoms with Gasteiger partial charge in [0.15, 0.2) is 0 Å². The molecule has 108 valence electrons. The normalized spacial score (nSPS) is 12.8. The molecule has 0 aliphatic heterocycles. The molecule has 0 bridgehead atoms. The minimum atomic E-state index is 0.151. The second-order valence-corrected chi connectivity index (χ2v) is 5.52. The van der Waals surface area contributed by atoms with Crippen LogP contribution in [-0.2, 0) is 0 Å². The molecule has 0 spiro atoms. The van der Waals surface area contributed by atoms with Gasteiger partial charge >= 0.3 is 0 Å². The lowest BCUT2D eigenvalue weighted by atomic mass is 9.87. The molecule has 1 aromatic rings. The van der Waals surface area contributed by atoms with Crippen LogP contribution in [0.2, 0.25) is 10.0 Å². The first-order valence-electron chi connectivity index (χ1n) is 6.56. The Morgan fingerprint density at radius 1 is 1.21 bits per heavy atom. The summed E-state index contributed by atoms with van der Waals surface area (Å²) in [6, 6.07) is 3.59. The van der Waals surface area contributed by atoms with E-state index >= 15 is 0 Å². The van der Waals surface area contributed by atoms with E-state index in [2.05, 4.69) is 13.8 Å². The van der Waals surface area contributed by atoms with Gasteiger partial charge in [0, 0.05) is 10.6 Å². The number of hydrogen-bond donors (Lipinski definition) is 2. The van der Waals surface area contributed by atoms with Crippen molar-refractivity contribution in [2.45, 2.75) is 26.2 Å². The average Bonchev–Trinajstić information content (AvgIpc) is 2.38. The van der Waals surface area contributed by atoms with Gasteiger partial charge in [-0.3, -0.25) is 0 Å². The molecule has 0 amide bonds. The van der Waals surface area contributed by atoms with E-state index < -0.39 is 0 Å². The van der Waals surface area contributed by atoms with Gasteiger partial charge in [0.05, 0.1) is 11.6 Å². The van der Waals surface area contributed by atoms with Gasteiger partial charge in [-0.2, -0.15) is 0 Å². The minimum Gasteiger partial charge on any atom is -0.492 e. The van der Waals surface area contributed by atoms with Crippen LogP contribution < -0.4 is 16.2 Å². The molecule has 0 radical (unpaired) electrons. The quantitative estimate of drug-likeness (QED) is 0.811. The van der Waals surface area contributed by atoms with Gasteiger partial charge in [0.1, 0.15) is 5.75 Å². The molecule has 0 aromatic heterocycles. The van der Waals surface area contributed by atoms with Crippen LogP contribution in [0.1, 0.15) is 31.7 Å². The number of nitrogens with two attached hydrogens (primary N) is 2. The van der Waals surface area contributed by atoms with E-state index in [-0.39, 0.29) is 11.8 Å². The molecule has 0 saturated heterocycles. The third-order valence-corrected chi connectivity index (χ3v) is 3.79. The van der Waals surface area contributed by atoms with E-state index in [0.29, 0.717) is 35.5 Å². The molecule has 1 aromatic carbocycles. The summed E-state index contributed by atoms with van der Waals surface area (Å²) in [5, 5.41) is 1.14. The smallest absolute Gasteiger partial charge is 0.141 e. The number of hydrogen-bond acceptors (Lipinski definition) is 3. The molecule has 19 heavy (non-hydrogen) atoms. The SMILES string of the molecule is CCCOc1c(Cl)cc(Cl)cc1C(C)C(CN)CN. The Kier molecular flexibility index (Phi) is 6.94. The molecule has 0 saturated carbocycles. The van der Waals surface area contributed by atoms with Crippen LogP contribution in [0.25, 0.3) is 0 Å². The minimum absolute atomic E-state index is 0.151. The van der Waals surface area contributed by atoms with Gasteiger partial charge < -0.3 is 16.2 Å². The highest BCUT2D eigenvalue weighted by Crippen LogP contribution is 2.39. The molecule has 0 fully saturated rings. The standard InChI is InChI=1S/C14H22Cl2N2O/c1-3-4-19-14-12(5-11(15)6-13(14)16)9(2)10(7-17)8-18/h5-6,9-10H,3-4,7-8,17-18H2,1-2H3. The summed E-state index contributed by atoms with van der Waals surface area (Å²) < 4.78 is 5.76. The lowest BCUT2D eigenvalue weighted by Crippen LogP contribution is -2.28. The monoisotopic (exact) mass is 304 g/mol. The van der Waals surface area contributed by atoms with Crippen molar-refractivity contribution in [3.05, 3.63) is 27.7 Å². The first kappa shape index (κ1) is 16.6. The van der Waals surface area contributed by atoms with Crippen molar-refractivity contribution in [2.24, 2.45) is 17.4 Å². The number of ether oxygens (including phenoxy) is 1. The molecule has 1 rings (SSSR count). The molecule has 1 atom stereocenters. The Bertz CT molecular complexity index is 409. The van der Waals surface area contributed by atoms with Crippen molar-refractivity contribution in [1.82, 2.24) is 0 Å². The van der Waals surface area contributed by atoms with Gasteiger partial charge in [0.25, 0.3) is 0 Å². The van der Waals surface area contributed by atoms with E-state index in [1.807, 2.05) is 6.07 Å². The van der Waals surface area contributed by atoms with Gasteiger partial charge in [0.2, 0.25) is 0 Å². The Morgan fingerprint density at radius 2 is 1.84 bits per heavy atom. The number of rotatable bonds is 7. The van der Waals surface area contributed by atoms with Crippen molar-refractivity contribution in [3.63, 3.8) is 0 Å². The van der Waals surface area contributed by atoms with Crippen LogP contribution in [0, 0.1) is 5.92 Å². The van der Waals surface area contributed by atoms with Crippen LogP contribution >= 0.6 is 23.2 Å². The fourth-order valence-electron chi connectivity index (χ4n) is 2.03. The predicted octanol–water partition coefficient (Wildman–Crippen LogP) is 3.42. The molecule has 1 unspecified atom stereocenters. The summed E-state index contributed by atoms with van der Waals surface area (Å²) in [5.74, 6) is 1.03. The maximum absolute atomic E-state index is 6.23. The highest BCUT2D eigenvalue weighted by molar-refractivity contribution is 6.35. The van der Waals surface area contributed by atoms with Gasteiger partial charge in [-0.25, -0.2) is 0 Å². The molecular formula is C14H22Cl2N2O. The zero-order valence-electron chi connectivity index (χ0n) is 11.5. The van der Waals surface area contributed by atoms with Crippen LogP contribution in [0.3, 0.4) is 0 Å². The molecule has 3 nitrogen and oxygen atoms in total. The second kappa shape index (κ2) is 7.95. The maximum Gasteiger partial charge on any atom is 0.141 e. The van der Waals surface area contributed by atoms with Crippen molar-refractivity contribution in [3.8, 4) is 5.75 Å². The number of halogens is 2. The lowest BCUT2D eigenvalue weighted by Gasteiger charge is -2.24. The Balaban J connectivity index is 3.15. The molecule has 4 N–H and O–H groups in total.